The second-order valence-electron chi connectivity index (χ2n) is 4.30. The molecule has 1 aliphatic heterocycles. The van der Waals surface area contributed by atoms with Crippen LogP contribution in [0.1, 0.15) is 23.7 Å². The molecule has 0 saturated carbocycles. The van der Waals surface area contributed by atoms with E-state index in [1.165, 1.54) is 0 Å². The lowest BCUT2D eigenvalue weighted by Gasteiger charge is -2.24. The van der Waals surface area contributed by atoms with Gasteiger partial charge in [0.15, 0.2) is 6.29 Å². The number of benzene rings is 1. The molecule has 0 bridgehead atoms. The van der Waals surface area contributed by atoms with Crippen molar-refractivity contribution >= 4 is 23.6 Å². The molecule has 0 aromatic heterocycles. The summed E-state index contributed by atoms with van der Waals surface area (Å²) in [6.45, 7) is 4.69. The van der Waals surface area contributed by atoms with Gasteiger partial charge in [0, 0.05) is 30.9 Å². The van der Waals surface area contributed by atoms with Crippen LogP contribution in [-0.2, 0) is 4.74 Å². The molecule has 4 heteroatoms. The molecule has 0 aliphatic carbocycles. The lowest BCUT2D eigenvalue weighted by Crippen LogP contribution is -2.30. The minimum Gasteiger partial charge on any atom is -0.377 e. The molecule has 1 aromatic carbocycles. The molecule has 1 unspecified atom stereocenters. The number of hydrogen-bond donors (Lipinski definition) is 0. The van der Waals surface area contributed by atoms with Gasteiger partial charge in [0.1, 0.15) is 0 Å². The number of hydrogen-bond acceptors (Lipinski definition) is 3. The van der Waals surface area contributed by atoms with E-state index >= 15 is 0 Å². The van der Waals surface area contributed by atoms with E-state index in [2.05, 4.69) is 11.8 Å². The van der Waals surface area contributed by atoms with Crippen LogP contribution in [-0.4, -0.2) is 32.1 Å². The number of anilines is 1. The molecule has 1 aliphatic rings. The Balaban J connectivity index is 2.20. The summed E-state index contributed by atoms with van der Waals surface area (Å²) >= 11 is 6.04. The largest absolute Gasteiger partial charge is 0.377 e. The lowest BCUT2D eigenvalue weighted by atomic mass is 10.2. The molecule has 0 radical (unpaired) electrons. The van der Waals surface area contributed by atoms with E-state index in [-0.39, 0.29) is 6.10 Å². The zero-order chi connectivity index (χ0) is 12.3. The Labute approximate surface area is 106 Å². The summed E-state index contributed by atoms with van der Waals surface area (Å²) in [7, 11) is 0. The van der Waals surface area contributed by atoms with Gasteiger partial charge >= 0.3 is 0 Å². The van der Waals surface area contributed by atoms with Crippen LogP contribution in [0, 0.1) is 0 Å². The normalized spacial score (nSPS) is 21.1. The summed E-state index contributed by atoms with van der Waals surface area (Å²) in [4.78, 5) is 13.0. The van der Waals surface area contributed by atoms with Crippen LogP contribution in [0.5, 0.6) is 0 Å². The Morgan fingerprint density at radius 1 is 1.53 bits per heavy atom. The van der Waals surface area contributed by atoms with Gasteiger partial charge in [-0.25, -0.2) is 0 Å². The quantitative estimate of drug-likeness (QED) is 0.759. The highest BCUT2D eigenvalue weighted by Crippen LogP contribution is 2.24. The van der Waals surface area contributed by atoms with Crippen molar-refractivity contribution in [1.82, 2.24) is 0 Å². The highest BCUT2D eigenvalue weighted by atomic mass is 35.5. The second kappa shape index (κ2) is 5.52. The molecule has 1 atom stereocenters. The molecule has 0 spiro atoms. The minimum atomic E-state index is 0.224. The van der Waals surface area contributed by atoms with Crippen molar-refractivity contribution in [2.45, 2.75) is 19.4 Å². The van der Waals surface area contributed by atoms with E-state index in [0.717, 1.165) is 38.1 Å². The van der Waals surface area contributed by atoms with E-state index in [1.54, 1.807) is 6.07 Å². The smallest absolute Gasteiger partial charge is 0.151 e. The monoisotopic (exact) mass is 253 g/mol. The van der Waals surface area contributed by atoms with Crippen molar-refractivity contribution in [3.05, 3.63) is 28.8 Å². The van der Waals surface area contributed by atoms with Crippen molar-refractivity contribution in [3.8, 4) is 0 Å². The number of carbonyl (C=O) groups is 1. The molecule has 1 heterocycles. The Morgan fingerprint density at radius 2 is 2.35 bits per heavy atom. The number of rotatable bonds is 2. The summed E-state index contributed by atoms with van der Waals surface area (Å²) in [5.41, 5.74) is 1.59. The maximum Gasteiger partial charge on any atom is 0.151 e. The van der Waals surface area contributed by atoms with Gasteiger partial charge in [0.25, 0.3) is 0 Å². The molecule has 0 N–H and O–H groups in total. The van der Waals surface area contributed by atoms with E-state index in [4.69, 9.17) is 16.3 Å². The average Bonchev–Trinajstić information content (AvgIpc) is 2.54. The van der Waals surface area contributed by atoms with E-state index in [0.29, 0.717) is 10.6 Å². The topological polar surface area (TPSA) is 29.5 Å². The highest BCUT2D eigenvalue weighted by Gasteiger charge is 2.16. The molecule has 1 aromatic rings. The van der Waals surface area contributed by atoms with Crippen LogP contribution in [0.2, 0.25) is 5.02 Å². The van der Waals surface area contributed by atoms with Gasteiger partial charge in [-0.3, -0.25) is 4.79 Å². The van der Waals surface area contributed by atoms with Crippen molar-refractivity contribution in [3.63, 3.8) is 0 Å². The summed E-state index contributed by atoms with van der Waals surface area (Å²) in [5.74, 6) is 0. The average molecular weight is 254 g/mol. The zero-order valence-electron chi connectivity index (χ0n) is 9.86. The standard InChI is InChI=1S/C13H16ClNO2/c1-10-8-15(5-2-6-17-10)12-4-3-11(9-16)13(14)7-12/h3-4,7,9-10H,2,5-6,8H2,1H3. The Hall–Kier alpha value is -1.06. The first-order valence-electron chi connectivity index (χ1n) is 5.82. The molecule has 0 amide bonds. The Morgan fingerprint density at radius 3 is 3.06 bits per heavy atom. The third kappa shape index (κ3) is 2.99. The third-order valence-corrected chi connectivity index (χ3v) is 3.26. The fourth-order valence-corrected chi connectivity index (χ4v) is 2.26. The number of aldehydes is 1. The molecular weight excluding hydrogens is 238 g/mol. The van der Waals surface area contributed by atoms with Crippen LogP contribution >= 0.6 is 11.6 Å². The molecule has 17 heavy (non-hydrogen) atoms. The predicted octanol–water partition coefficient (Wildman–Crippen LogP) is 2.77. The second-order valence-corrected chi connectivity index (χ2v) is 4.71. The number of ether oxygens (including phenoxy) is 1. The van der Waals surface area contributed by atoms with Gasteiger partial charge in [0.05, 0.1) is 11.1 Å². The SMILES string of the molecule is CC1CN(c2ccc(C=O)c(Cl)c2)CCCO1. The van der Waals surface area contributed by atoms with Crippen molar-refractivity contribution < 1.29 is 9.53 Å². The predicted molar refractivity (Wildman–Crippen MR) is 69.1 cm³/mol. The third-order valence-electron chi connectivity index (χ3n) is 2.93. The first-order chi connectivity index (χ1) is 8.20. The Bertz CT molecular complexity index is 408. The van der Waals surface area contributed by atoms with Crippen LogP contribution in [0.4, 0.5) is 5.69 Å². The van der Waals surface area contributed by atoms with Gasteiger partial charge in [-0.15, -0.1) is 0 Å². The van der Waals surface area contributed by atoms with Crippen molar-refractivity contribution in [2.24, 2.45) is 0 Å². The first-order valence-corrected chi connectivity index (χ1v) is 6.20. The minimum absolute atomic E-state index is 0.224. The van der Waals surface area contributed by atoms with Crippen LogP contribution in [0.25, 0.3) is 0 Å². The molecular formula is C13H16ClNO2. The molecule has 2 rings (SSSR count). The molecule has 1 saturated heterocycles. The fourth-order valence-electron chi connectivity index (χ4n) is 2.04. The van der Waals surface area contributed by atoms with Crippen LogP contribution in [0.15, 0.2) is 18.2 Å². The van der Waals surface area contributed by atoms with Crippen LogP contribution < -0.4 is 4.90 Å². The first kappa shape index (κ1) is 12.4. The number of nitrogens with zero attached hydrogens (tertiary/aromatic N) is 1. The van der Waals surface area contributed by atoms with Gasteiger partial charge < -0.3 is 9.64 Å². The van der Waals surface area contributed by atoms with E-state index < -0.39 is 0 Å². The molecule has 1 fully saturated rings. The van der Waals surface area contributed by atoms with Gasteiger partial charge in [0.2, 0.25) is 0 Å². The fraction of sp³-hybridized carbons (Fsp3) is 0.462. The summed E-state index contributed by atoms with van der Waals surface area (Å²) in [6.07, 6.45) is 2.01. The molecule has 92 valence electrons. The summed E-state index contributed by atoms with van der Waals surface area (Å²) in [5, 5.41) is 0.510. The van der Waals surface area contributed by atoms with Crippen LogP contribution in [0.3, 0.4) is 0 Å². The summed E-state index contributed by atoms with van der Waals surface area (Å²) < 4.78 is 5.60. The zero-order valence-corrected chi connectivity index (χ0v) is 10.6. The van der Waals surface area contributed by atoms with Gasteiger partial charge in [-0.1, -0.05) is 11.6 Å². The number of halogens is 1. The van der Waals surface area contributed by atoms with E-state index in [9.17, 15) is 4.79 Å². The Kier molecular flexibility index (Phi) is 4.02. The lowest BCUT2D eigenvalue weighted by molar-refractivity contribution is 0.0821. The van der Waals surface area contributed by atoms with E-state index in [1.807, 2.05) is 12.1 Å². The van der Waals surface area contributed by atoms with Crippen molar-refractivity contribution in [2.75, 3.05) is 24.6 Å². The molecule has 3 nitrogen and oxygen atoms in total. The highest BCUT2D eigenvalue weighted by molar-refractivity contribution is 6.33. The van der Waals surface area contributed by atoms with Gasteiger partial charge in [-0.05, 0) is 31.5 Å². The summed E-state index contributed by atoms with van der Waals surface area (Å²) in [6, 6.07) is 5.55. The maximum absolute atomic E-state index is 10.7. The van der Waals surface area contributed by atoms with Crippen molar-refractivity contribution in [1.29, 1.82) is 0 Å². The maximum atomic E-state index is 10.7. The number of carbonyl (C=O) groups excluding carboxylic acids is 1. The van der Waals surface area contributed by atoms with Gasteiger partial charge in [-0.2, -0.15) is 0 Å².